The van der Waals surface area contributed by atoms with E-state index < -0.39 is 17.7 Å². The molecule has 8 heteroatoms. The van der Waals surface area contributed by atoms with E-state index in [4.69, 9.17) is 4.42 Å². The summed E-state index contributed by atoms with van der Waals surface area (Å²) < 4.78 is 5.45. The van der Waals surface area contributed by atoms with Crippen LogP contribution in [0.5, 0.6) is 0 Å². The second-order valence-electron chi connectivity index (χ2n) is 6.83. The molecule has 0 spiro atoms. The van der Waals surface area contributed by atoms with Crippen molar-refractivity contribution in [3.63, 3.8) is 0 Å². The van der Waals surface area contributed by atoms with Crippen LogP contribution in [0, 0.1) is 25.2 Å². The van der Waals surface area contributed by atoms with Gasteiger partial charge < -0.3 is 4.42 Å². The lowest BCUT2D eigenvalue weighted by atomic mass is 10.1. The summed E-state index contributed by atoms with van der Waals surface area (Å²) in [7, 11) is 0. The third kappa shape index (κ3) is 3.12. The molecule has 1 aliphatic heterocycles. The summed E-state index contributed by atoms with van der Waals surface area (Å²) in [5.74, 6) is -0.889. The normalized spacial score (nSPS) is 12.6. The molecule has 1 aliphatic rings. The molecule has 0 fully saturated rings. The molecule has 0 aliphatic carbocycles. The van der Waals surface area contributed by atoms with E-state index in [1.165, 1.54) is 18.2 Å². The number of nitriles is 1. The Hall–Kier alpha value is -4.25. The smallest absolute Gasteiger partial charge is 0.261 e. The molecule has 0 unspecified atom stereocenters. The van der Waals surface area contributed by atoms with Gasteiger partial charge in [-0.05, 0) is 44.2 Å². The van der Waals surface area contributed by atoms with Gasteiger partial charge >= 0.3 is 0 Å². The zero-order valence-corrected chi connectivity index (χ0v) is 16.2. The largest absolute Gasteiger partial charge is 0.444 e. The summed E-state index contributed by atoms with van der Waals surface area (Å²) in [4.78, 5) is 43.3. The van der Waals surface area contributed by atoms with Gasteiger partial charge in [-0.1, -0.05) is 6.07 Å². The number of furan rings is 1. The Labute approximate surface area is 171 Å². The molecule has 148 valence electrons. The number of imide groups is 1. The molecule has 1 N–H and O–H groups in total. The predicted octanol–water partition coefficient (Wildman–Crippen LogP) is 3.21. The third-order valence-corrected chi connectivity index (χ3v) is 5.00. The SMILES string of the molecule is Cc1oc(NC(=O)c2ccc3c(c2)C(=O)N(Cc2ccccn2)C3=O)c(C#N)c1C. The summed E-state index contributed by atoms with van der Waals surface area (Å²) in [6, 6.07) is 11.5. The maximum absolute atomic E-state index is 12.8. The molecule has 2 aromatic heterocycles. The molecular weight excluding hydrogens is 384 g/mol. The van der Waals surface area contributed by atoms with E-state index in [0.717, 1.165) is 4.90 Å². The van der Waals surface area contributed by atoms with E-state index in [0.29, 0.717) is 17.0 Å². The van der Waals surface area contributed by atoms with Crippen LogP contribution >= 0.6 is 0 Å². The number of carbonyl (C=O) groups is 3. The number of rotatable bonds is 4. The molecule has 0 atom stereocenters. The summed E-state index contributed by atoms with van der Waals surface area (Å²) >= 11 is 0. The van der Waals surface area contributed by atoms with E-state index >= 15 is 0 Å². The van der Waals surface area contributed by atoms with Gasteiger partial charge in [0.15, 0.2) is 0 Å². The minimum Gasteiger partial charge on any atom is -0.444 e. The average molecular weight is 400 g/mol. The van der Waals surface area contributed by atoms with Crippen molar-refractivity contribution < 1.29 is 18.8 Å². The van der Waals surface area contributed by atoms with Crippen LogP contribution in [0.4, 0.5) is 5.88 Å². The van der Waals surface area contributed by atoms with Crippen molar-refractivity contribution in [1.82, 2.24) is 9.88 Å². The molecule has 3 heterocycles. The first-order valence-electron chi connectivity index (χ1n) is 9.12. The van der Waals surface area contributed by atoms with Crippen LogP contribution in [0.2, 0.25) is 0 Å². The van der Waals surface area contributed by atoms with Crippen LogP contribution in [0.3, 0.4) is 0 Å². The fraction of sp³-hybridized carbons (Fsp3) is 0.136. The monoisotopic (exact) mass is 400 g/mol. The lowest BCUT2D eigenvalue weighted by molar-refractivity contribution is 0.0640. The molecule has 3 aromatic rings. The van der Waals surface area contributed by atoms with Gasteiger partial charge in [0.2, 0.25) is 5.88 Å². The summed E-state index contributed by atoms with van der Waals surface area (Å²) in [6.45, 7) is 3.47. The van der Waals surface area contributed by atoms with Crippen LogP contribution in [0.1, 0.15) is 53.7 Å². The highest BCUT2D eigenvalue weighted by atomic mass is 16.4. The molecule has 0 saturated heterocycles. The van der Waals surface area contributed by atoms with Crippen molar-refractivity contribution in [2.75, 3.05) is 5.32 Å². The fourth-order valence-electron chi connectivity index (χ4n) is 3.25. The molecule has 4 rings (SSSR count). The lowest BCUT2D eigenvalue weighted by Gasteiger charge is -2.12. The second kappa shape index (κ2) is 7.29. The maximum Gasteiger partial charge on any atom is 0.261 e. The van der Waals surface area contributed by atoms with Crippen LogP contribution < -0.4 is 5.32 Å². The van der Waals surface area contributed by atoms with Gasteiger partial charge in [-0.25, -0.2) is 0 Å². The van der Waals surface area contributed by atoms with Crippen molar-refractivity contribution >= 4 is 23.6 Å². The topological polar surface area (TPSA) is 116 Å². The number of nitrogens with one attached hydrogen (secondary N) is 1. The predicted molar refractivity (Wildman–Crippen MR) is 106 cm³/mol. The number of aryl methyl sites for hydroxylation is 1. The van der Waals surface area contributed by atoms with Gasteiger partial charge in [-0.3, -0.25) is 29.6 Å². The Bertz CT molecular complexity index is 1240. The molecule has 3 amide bonds. The number of fused-ring (bicyclic) bond motifs is 1. The fourth-order valence-corrected chi connectivity index (χ4v) is 3.25. The Kier molecular flexibility index (Phi) is 4.64. The highest BCUT2D eigenvalue weighted by Crippen LogP contribution is 2.28. The van der Waals surface area contributed by atoms with Gasteiger partial charge in [-0.2, -0.15) is 5.26 Å². The maximum atomic E-state index is 12.8. The Morgan fingerprint density at radius 3 is 2.63 bits per heavy atom. The van der Waals surface area contributed by atoms with Gasteiger partial charge in [-0.15, -0.1) is 0 Å². The second-order valence-corrected chi connectivity index (χ2v) is 6.83. The Morgan fingerprint density at radius 1 is 1.17 bits per heavy atom. The van der Waals surface area contributed by atoms with Crippen molar-refractivity contribution in [3.8, 4) is 6.07 Å². The number of aromatic nitrogens is 1. The highest BCUT2D eigenvalue weighted by molar-refractivity contribution is 6.22. The summed E-state index contributed by atoms with van der Waals surface area (Å²) in [6.07, 6.45) is 1.59. The van der Waals surface area contributed by atoms with E-state index in [-0.39, 0.29) is 34.7 Å². The number of carbonyl (C=O) groups excluding carboxylic acids is 3. The summed E-state index contributed by atoms with van der Waals surface area (Å²) in [5.41, 5.74) is 2.02. The average Bonchev–Trinajstić information content (AvgIpc) is 3.15. The van der Waals surface area contributed by atoms with Gasteiger partial charge in [0.05, 0.1) is 23.4 Å². The van der Waals surface area contributed by atoms with Crippen LogP contribution in [-0.2, 0) is 6.54 Å². The molecule has 0 bridgehead atoms. The quantitative estimate of drug-likeness (QED) is 0.672. The standard InChI is InChI=1S/C22H16N4O4/c1-12-13(2)30-20(18(12)10-23)25-19(27)14-6-7-16-17(9-14)22(29)26(21(16)28)11-15-5-3-4-8-24-15/h3-9H,11H2,1-2H3,(H,25,27). The van der Waals surface area contributed by atoms with Crippen molar-refractivity contribution in [3.05, 3.63) is 81.9 Å². The van der Waals surface area contributed by atoms with Gasteiger partial charge in [0, 0.05) is 17.3 Å². The van der Waals surface area contributed by atoms with Crippen LogP contribution in [0.15, 0.2) is 47.0 Å². The first-order chi connectivity index (χ1) is 14.4. The number of hydrogen-bond acceptors (Lipinski definition) is 6. The number of pyridine rings is 1. The first kappa shape index (κ1) is 19.1. The third-order valence-electron chi connectivity index (χ3n) is 5.00. The van der Waals surface area contributed by atoms with Crippen molar-refractivity contribution in [1.29, 1.82) is 5.26 Å². The molecule has 30 heavy (non-hydrogen) atoms. The van der Waals surface area contributed by atoms with E-state index in [2.05, 4.69) is 10.3 Å². The van der Waals surface area contributed by atoms with Crippen molar-refractivity contribution in [2.24, 2.45) is 0 Å². The van der Waals surface area contributed by atoms with E-state index in [1.54, 1.807) is 38.2 Å². The number of amides is 3. The van der Waals surface area contributed by atoms with Crippen LogP contribution in [-0.4, -0.2) is 27.6 Å². The Balaban J connectivity index is 1.59. The van der Waals surface area contributed by atoms with E-state index in [1.807, 2.05) is 6.07 Å². The molecule has 1 aromatic carbocycles. The van der Waals surface area contributed by atoms with E-state index in [9.17, 15) is 19.6 Å². The van der Waals surface area contributed by atoms with Crippen LogP contribution in [0.25, 0.3) is 0 Å². The molecule has 0 radical (unpaired) electrons. The number of nitrogens with zero attached hydrogens (tertiary/aromatic N) is 3. The summed E-state index contributed by atoms with van der Waals surface area (Å²) in [5, 5.41) is 11.8. The first-order valence-corrected chi connectivity index (χ1v) is 9.12. The number of benzene rings is 1. The molecule has 0 saturated carbocycles. The number of hydrogen-bond donors (Lipinski definition) is 1. The minimum atomic E-state index is -0.550. The van der Waals surface area contributed by atoms with Gasteiger partial charge in [0.25, 0.3) is 17.7 Å². The highest BCUT2D eigenvalue weighted by Gasteiger charge is 2.36. The number of anilines is 1. The lowest BCUT2D eigenvalue weighted by Crippen LogP contribution is -2.29. The molecule has 8 nitrogen and oxygen atoms in total. The zero-order valence-electron chi connectivity index (χ0n) is 16.2. The van der Waals surface area contributed by atoms with Crippen molar-refractivity contribution in [2.45, 2.75) is 20.4 Å². The minimum absolute atomic E-state index is 0.0468. The van der Waals surface area contributed by atoms with Gasteiger partial charge in [0.1, 0.15) is 17.4 Å². The molecular formula is C22H16N4O4. The Morgan fingerprint density at radius 2 is 1.93 bits per heavy atom. The zero-order chi connectivity index (χ0) is 21.4.